The minimum atomic E-state index is -0.123. The molecule has 196 valence electrons. The Labute approximate surface area is 226 Å². The minimum Gasteiger partial charge on any atom is -0.335 e. The van der Waals surface area contributed by atoms with Gasteiger partial charge in [-0.15, -0.1) is 0 Å². The molecule has 2 aliphatic carbocycles. The Bertz CT molecular complexity index is 1310. The van der Waals surface area contributed by atoms with Crippen LogP contribution in [-0.2, 0) is 29.5 Å². The molecule has 0 bridgehead atoms. The van der Waals surface area contributed by atoms with Crippen LogP contribution in [0.5, 0.6) is 0 Å². The molecule has 3 heterocycles. The summed E-state index contributed by atoms with van der Waals surface area (Å²) in [4.78, 5) is 22.2. The number of nitrogens with zero attached hydrogens (tertiary/aromatic N) is 2. The van der Waals surface area contributed by atoms with E-state index in [0.29, 0.717) is 11.8 Å². The zero-order chi connectivity index (χ0) is 25.5. The molecule has 1 spiro atoms. The SMILES string of the molecule is O=C([C@@H]1CNC[C@]12CCCc1nc3c(cc12)CCCC3)N1CC[C@@H](c2ccccc2)C[C@H]1c1ccccc1. The van der Waals surface area contributed by atoms with Gasteiger partial charge >= 0.3 is 0 Å². The Balaban J connectivity index is 1.23. The second-order valence-corrected chi connectivity index (χ2v) is 12.1. The van der Waals surface area contributed by atoms with E-state index in [9.17, 15) is 4.79 Å². The molecule has 4 heteroatoms. The summed E-state index contributed by atoms with van der Waals surface area (Å²) in [5, 5.41) is 3.69. The van der Waals surface area contributed by atoms with Gasteiger partial charge in [-0.1, -0.05) is 66.7 Å². The number of likely N-dealkylation sites (tertiary alicyclic amines) is 1. The molecular formula is C34H39N3O. The quantitative estimate of drug-likeness (QED) is 0.482. The summed E-state index contributed by atoms with van der Waals surface area (Å²) in [6.07, 6.45) is 10.0. The Hall–Kier alpha value is -2.98. The van der Waals surface area contributed by atoms with Crippen molar-refractivity contribution in [3.05, 3.63) is 100 Å². The first-order valence-electron chi connectivity index (χ1n) is 14.9. The molecular weight excluding hydrogens is 466 g/mol. The zero-order valence-electron chi connectivity index (χ0n) is 22.4. The number of hydrogen-bond acceptors (Lipinski definition) is 3. The second-order valence-electron chi connectivity index (χ2n) is 12.1. The van der Waals surface area contributed by atoms with Gasteiger partial charge in [0.1, 0.15) is 0 Å². The Kier molecular flexibility index (Phi) is 6.31. The van der Waals surface area contributed by atoms with E-state index in [1.165, 1.54) is 46.5 Å². The number of amides is 1. The first kappa shape index (κ1) is 24.1. The molecule has 1 amide bonds. The maximum atomic E-state index is 14.7. The van der Waals surface area contributed by atoms with Gasteiger partial charge in [0.05, 0.1) is 12.0 Å². The van der Waals surface area contributed by atoms with E-state index in [-0.39, 0.29) is 17.4 Å². The highest BCUT2D eigenvalue weighted by Gasteiger charge is 2.52. The molecule has 2 saturated heterocycles. The summed E-state index contributed by atoms with van der Waals surface area (Å²) in [5.74, 6) is 0.803. The van der Waals surface area contributed by atoms with Crippen LogP contribution in [0.1, 0.15) is 84.1 Å². The summed E-state index contributed by atoms with van der Waals surface area (Å²) < 4.78 is 0. The number of aryl methyl sites for hydroxylation is 3. The lowest BCUT2D eigenvalue weighted by atomic mass is 9.64. The van der Waals surface area contributed by atoms with Crippen molar-refractivity contribution in [1.82, 2.24) is 15.2 Å². The van der Waals surface area contributed by atoms with E-state index < -0.39 is 0 Å². The summed E-state index contributed by atoms with van der Waals surface area (Å²) in [6.45, 7) is 2.49. The number of carbonyl (C=O) groups is 1. The third-order valence-corrected chi connectivity index (χ3v) is 10.0. The number of rotatable bonds is 3. The van der Waals surface area contributed by atoms with Crippen LogP contribution < -0.4 is 5.32 Å². The molecule has 0 radical (unpaired) electrons. The molecule has 1 aromatic heterocycles. The van der Waals surface area contributed by atoms with E-state index >= 15 is 0 Å². The van der Waals surface area contributed by atoms with Gasteiger partial charge in [0.25, 0.3) is 0 Å². The zero-order valence-corrected chi connectivity index (χ0v) is 22.4. The van der Waals surface area contributed by atoms with Crippen LogP contribution in [0.2, 0.25) is 0 Å². The van der Waals surface area contributed by atoms with Crippen LogP contribution in [0.4, 0.5) is 0 Å². The number of nitrogens with one attached hydrogen (secondary N) is 1. The first-order chi connectivity index (χ1) is 18.7. The van der Waals surface area contributed by atoms with Crippen LogP contribution >= 0.6 is 0 Å². The van der Waals surface area contributed by atoms with Crippen molar-refractivity contribution in [2.24, 2.45) is 5.92 Å². The van der Waals surface area contributed by atoms with Gasteiger partial charge in [-0.25, -0.2) is 0 Å². The topological polar surface area (TPSA) is 45.2 Å². The summed E-state index contributed by atoms with van der Waals surface area (Å²) in [7, 11) is 0. The number of aromatic nitrogens is 1. The van der Waals surface area contributed by atoms with Gasteiger partial charge in [-0.2, -0.15) is 0 Å². The van der Waals surface area contributed by atoms with Crippen molar-refractivity contribution in [1.29, 1.82) is 0 Å². The number of pyridine rings is 1. The van der Waals surface area contributed by atoms with Crippen molar-refractivity contribution >= 4 is 5.91 Å². The molecule has 38 heavy (non-hydrogen) atoms. The lowest BCUT2D eigenvalue weighted by molar-refractivity contribution is -0.141. The molecule has 2 aromatic carbocycles. The average molecular weight is 506 g/mol. The number of piperidine rings is 1. The second kappa shape index (κ2) is 9.96. The highest BCUT2D eigenvalue weighted by Crippen LogP contribution is 2.48. The van der Waals surface area contributed by atoms with Gasteiger partial charge in [0.2, 0.25) is 5.91 Å². The normalized spacial score (nSPS) is 28.6. The fraction of sp³-hybridized carbons (Fsp3) is 0.471. The van der Waals surface area contributed by atoms with Crippen molar-refractivity contribution in [3.63, 3.8) is 0 Å². The molecule has 2 aliphatic heterocycles. The third kappa shape index (κ3) is 4.09. The van der Waals surface area contributed by atoms with Gasteiger partial charge in [-0.05, 0) is 86.0 Å². The number of hydrogen-bond donors (Lipinski definition) is 1. The molecule has 4 nitrogen and oxygen atoms in total. The van der Waals surface area contributed by atoms with Gasteiger partial charge in [0.15, 0.2) is 0 Å². The Morgan fingerprint density at radius 1 is 0.895 bits per heavy atom. The average Bonchev–Trinajstić information content (AvgIpc) is 3.40. The predicted octanol–water partition coefficient (Wildman–Crippen LogP) is 5.90. The number of benzene rings is 2. The van der Waals surface area contributed by atoms with Crippen molar-refractivity contribution < 1.29 is 4.79 Å². The summed E-state index contributed by atoms with van der Waals surface area (Å²) in [5.41, 5.74) is 7.98. The smallest absolute Gasteiger partial charge is 0.228 e. The van der Waals surface area contributed by atoms with Crippen LogP contribution in [-0.4, -0.2) is 35.4 Å². The van der Waals surface area contributed by atoms with Crippen molar-refractivity contribution in [3.8, 4) is 0 Å². The van der Waals surface area contributed by atoms with Crippen LogP contribution in [0, 0.1) is 5.92 Å². The Morgan fingerprint density at radius 2 is 1.63 bits per heavy atom. The van der Waals surface area contributed by atoms with Crippen LogP contribution in [0.25, 0.3) is 0 Å². The van der Waals surface area contributed by atoms with Gasteiger partial charge in [0, 0.05) is 36.4 Å². The number of fused-ring (bicyclic) bond motifs is 3. The molecule has 3 aromatic rings. The molecule has 0 saturated carbocycles. The molecule has 7 rings (SSSR count). The highest BCUT2D eigenvalue weighted by molar-refractivity contribution is 5.82. The standard InChI is InChI=1S/C34H39N3O/c38-33(37-19-17-26(24-10-3-1-4-11-24)21-32(37)25-12-5-2-6-13-25)29-22-35-23-34(29)18-9-16-31-28(34)20-27-14-7-8-15-30(27)36-31/h1-6,10-13,20,26,29,32,35H,7-9,14-19,21-23H2/t26-,29+,32+,34+/m1/s1. The van der Waals surface area contributed by atoms with E-state index in [2.05, 4.69) is 76.9 Å². The lowest BCUT2D eigenvalue weighted by Gasteiger charge is -2.45. The summed E-state index contributed by atoms with van der Waals surface area (Å²) in [6, 6.07) is 24.2. The molecule has 2 fully saturated rings. The number of carbonyl (C=O) groups excluding carboxylic acids is 1. The molecule has 0 unspecified atom stereocenters. The maximum Gasteiger partial charge on any atom is 0.228 e. The predicted molar refractivity (Wildman–Crippen MR) is 151 cm³/mol. The molecule has 1 N–H and O–H groups in total. The maximum absolute atomic E-state index is 14.7. The minimum absolute atomic E-state index is 0.0236. The van der Waals surface area contributed by atoms with E-state index in [1.54, 1.807) is 0 Å². The molecule has 4 atom stereocenters. The fourth-order valence-electron chi connectivity index (χ4n) is 8.08. The van der Waals surface area contributed by atoms with Gasteiger partial charge in [-0.3, -0.25) is 9.78 Å². The first-order valence-corrected chi connectivity index (χ1v) is 14.9. The monoisotopic (exact) mass is 505 g/mol. The Morgan fingerprint density at radius 3 is 2.45 bits per heavy atom. The third-order valence-electron chi connectivity index (χ3n) is 10.0. The van der Waals surface area contributed by atoms with Gasteiger partial charge < -0.3 is 10.2 Å². The fourth-order valence-corrected chi connectivity index (χ4v) is 8.08. The van der Waals surface area contributed by atoms with E-state index in [0.717, 1.165) is 64.6 Å². The largest absolute Gasteiger partial charge is 0.335 e. The van der Waals surface area contributed by atoms with E-state index in [4.69, 9.17) is 4.98 Å². The molecule has 4 aliphatic rings. The van der Waals surface area contributed by atoms with Crippen molar-refractivity contribution in [2.75, 3.05) is 19.6 Å². The highest BCUT2D eigenvalue weighted by atomic mass is 16.2. The van der Waals surface area contributed by atoms with E-state index in [1.807, 2.05) is 0 Å². The van der Waals surface area contributed by atoms with Crippen LogP contribution in [0.15, 0.2) is 66.7 Å². The lowest BCUT2D eigenvalue weighted by Crippen LogP contribution is -2.50. The van der Waals surface area contributed by atoms with Crippen molar-refractivity contribution in [2.45, 2.75) is 75.2 Å². The van der Waals surface area contributed by atoms with Crippen LogP contribution in [0.3, 0.4) is 0 Å². The summed E-state index contributed by atoms with van der Waals surface area (Å²) >= 11 is 0.